The average Bonchev–Trinajstić information content (AvgIpc) is 2.93. The maximum atomic E-state index is 12.4. The molecular formula is C16H19N3O4. The van der Waals surface area contributed by atoms with E-state index < -0.39 is 5.97 Å². The fourth-order valence-electron chi connectivity index (χ4n) is 2.23. The molecule has 0 spiro atoms. The van der Waals surface area contributed by atoms with E-state index in [2.05, 4.69) is 10.3 Å². The number of nitrogens with zero attached hydrogens (tertiary/aromatic N) is 2. The molecule has 7 heteroatoms. The van der Waals surface area contributed by atoms with Crippen molar-refractivity contribution >= 4 is 11.9 Å². The van der Waals surface area contributed by atoms with E-state index in [1.165, 1.54) is 13.4 Å². The molecule has 0 aliphatic rings. The van der Waals surface area contributed by atoms with Gasteiger partial charge in [0.15, 0.2) is 5.69 Å². The molecule has 1 amide bonds. The molecule has 7 nitrogen and oxygen atoms in total. The van der Waals surface area contributed by atoms with Crippen molar-refractivity contribution in [1.29, 1.82) is 0 Å². The zero-order chi connectivity index (χ0) is 17.0. The quantitative estimate of drug-likeness (QED) is 0.850. The summed E-state index contributed by atoms with van der Waals surface area (Å²) < 4.78 is 6.76. The first kappa shape index (κ1) is 16.5. The van der Waals surface area contributed by atoms with Gasteiger partial charge in [0.05, 0.1) is 24.1 Å². The second kappa shape index (κ2) is 6.95. The molecule has 1 heterocycles. The first-order valence-electron chi connectivity index (χ1n) is 7.23. The first-order chi connectivity index (χ1) is 11.0. The Morgan fingerprint density at radius 2 is 2.13 bits per heavy atom. The molecule has 122 valence electrons. The van der Waals surface area contributed by atoms with E-state index in [0.29, 0.717) is 29.2 Å². The number of hydrogen-bond donors (Lipinski definition) is 2. The summed E-state index contributed by atoms with van der Waals surface area (Å²) in [6.45, 7) is 4.17. The van der Waals surface area contributed by atoms with Gasteiger partial charge in [-0.2, -0.15) is 0 Å². The van der Waals surface area contributed by atoms with Crippen molar-refractivity contribution in [3.8, 4) is 11.4 Å². The Hall–Kier alpha value is -2.83. The fraction of sp³-hybridized carbons (Fsp3) is 0.312. The third-order valence-corrected chi connectivity index (χ3v) is 3.45. The van der Waals surface area contributed by atoms with E-state index in [-0.39, 0.29) is 11.6 Å². The Morgan fingerprint density at radius 3 is 2.70 bits per heavy atom. The minimum atomic E-state index is -1.10. The van der Waals surface area contributed by atoms with Crippen molar-refractivity contribution in [3.05, 3.63) is 41.5 Å². The lowest BCUT2D eigenvalue weighted by Gasteiger charge is -2.13. The van der Waals surface area contributed by atoms with Gasteiger partial charge in [-0.1, -0.05) is 6.92 Å². The lowest BCUT2D eigenvalue weighted by atomic mass is 10.1. The monoisotopic (exact) mass is 317 g/mol. The van der Waals surface area contributed by atoms with Crippen molar-refractivity contribution in [2.75, 3.05) is 13.7 Å². The molecule has 0 aliphatic carbocycles. The molecule has 0 unspecified atom stereocenters. The number of amides is 1. The Balaban J connectivity index is 2.53. The maximum Gasteiger partial charge on any atom is 0.356 e. The van der Waals surface area contributed by atoms with Crippen molar-refractivity contribution in [3.63, 3.8) is 0 Å². The number of carbonyl (C=O) groups is 2. The van der Waals surface area contributed by atoms with E-state index in [9.17, 15) is 9.59 Å². The van der Waals surface area contributed by atoms with Crippen LogP contribution in [0.25, 0.3) is 5.69 Å². The van der Waals surface area contributed by atoms with Crippen LogP contribution >= 0.6 is 0 Å². The Labute approximate surface area is 133 Å². The molecule has 1 aromatic heterocycles. The van der Waals surface area contributed by atoms with Gasteiger partial charge in [0.2, 0.25) is 0 Å². The van der Waals surface area contributed by atoms with Gasteiger partial charge in [0.1, 0.15) is 12.1 Å². The number of aromatic carboxylic acids is 1. The summed E-state index contributed by atoms with van der Waals surface area (Å²) in [6.07, 6.45) is 2.22. The first-order valence-corrected chi connectivity index (χ1v) is 7.23. The normalized spacial score (nSPS) is 10.4. The van der Waals surface area contributed by atoms with Crippen LogP contribution in [0.15, 0.2) is 24.5 Å². The summed E-state index contributed by atoms with van der Waals surface area (Å²) >= 11 is 0. The number of methoxy groups -OCH3 is 1. The second-order valence-electron chi connectivity index (χ2n) is 4.99. The molecule has 1 aromatic carbocycles. The highest BCUT2D eigenvalue weighted by atomic mass is 16.5. The number of hydrogen-bond acceptors (Lipinski definition) is 4. The number of aromatic nitrogens is 2. The van der Waals surface area contributed by atoms with E-state index in [1.807, 2.05) is 6.92 Å². The predicted octanol–water partition coefficient (Wildman–Crippen LogP) is 2.03. The van der Waals surface area contributed by atoms with E-state index in [1.54, 1.807) is 29.7 Å². The highest BCUT2D eigenvalue weighted by Gasteiger charge is 2.19. The molecule has 2 rings (SSSR count). The Bertz CT molecular complexity index is 737. The van der Waals surface area contributed by atoms with Crippen LogP contribution in [-0.2, 0) is 0 Å². The highest BCUT2D eigenvalue weighted by molar-refractivity contribution is 5.98. The van der Waals surface area contributed by atoms with Crippen molar-refractivity contribution in [2.24, 2.45) is 0 Å². The summed E-state index contributed by atoms with van der Waals surface area (Å²) in [7, 11) is 1.52. The van der Waals surface area contributed by atoms with Crippen molar-refractivity contribution < 1.29 is 19.4 Å². The van der Waals surface area contributed by atoms with Crippen molar-refractivity contribution in [2.45, 2.75) is 20.3 Å². The van der Waals surface area contributed by atoms with Gasteiger partial charge in [0.25, 0.3) is 5.91 Å². The van der Waals surface area contributed by atoms with Crippen LogP contribution in [0.2, 0.25) is 0 Å². The van der Waals surface area contributed by atoms with Gasteiger partial charge in [-0.05, 0) is 31.5 Å². The molecule has 23 heavy (non-hydrogen) atoms. The minimum absolute atomic E-state index is 0.0410. The number of nitrogens with one attached hydrogen (secondary N) is 1. The number of rotatable bonds is 6. The van der Waals surface area contributed by atoms with E-state index in [4.69, 9.17) is 9.84 Å². The number of ether oxygens (including phenoxy) is 1. The number of carboxylic acid groups (broad SMARTS) is 1. The summed E-state index contributed by atoms with van der Waals surface area (Å²) in [5, 5.41) is 11.9. The zero-order valence-corrected chi connectivity index (χ0v) is 13.3. The predicted molar refractivity (Wildman–Crippen MR) is 84.4 cm³/mol. The lowest BCUT2D eigenvalue weighted by molar-refractivity contribution is 0.0690. The molecule has 0 saturated carbocycles. The topological polar surface area (TPSA) is 93.5 Å². The highest BCUT2D eigenvalue weighted by Crippen LogP contribution is 2.23. The maximum absolute atomic E-state index is 12.4. The van der Waals surface area contributed by atoms with Gasteiger partial charge in [-0.3, -0.25) is 4.79 Å². The van der Waals surface area contributed by atoms with Crippen LogP contribution in [0.1, 0.15) is 39.9 Å². The molecular weight excluding hydrogens is 298 g/mol. The number of imidazole rings is 1. The number of carbonyl (C=O) groups excluding carboxylic acids is 1. The van der Waals surface area contributed by atoms with Gasteiger partial charge >= 0.3 is 5.97 Å². The van der Waals surface area contributed by atoms with Crippen LogP contribution in [0.4, 0.5) is 0 Å². The molecule has 0 saturated heterocycles. The average molecular weight is 317 g/mol. The van der Waals surface area contributed by atoms with Crippen LogP contribution in [0, 0.1) is 6.92 Å². The minimum Gasteiger partial charge on any atom is -0.497 e. The summed E-state index contributed by atoms with van der Waals surface area (Å²) in [6, 6.07) is 5.05. The Kier molecular flexibility index (Phi) is 5.00. The van der Waals surface area contributed by atoms with Gasteiger partial charge < -0.3 is 19.7 Å². The standard InChI is InChI=1S/C16H19N3O4/c1-4-7-17-15(20)12-8-11(23-3)5-6-13(12)19-9-18-14(10(19)2)16(21)22/h5-6,8-9H,4,7H2,1-3H3,(H,17,20)(H,21,22). The second-order valence-corrected chi connectivity index (χ2v) is 4.99. The Morgan fingerprint density at radius 1 is 1.39 bits per heavy atom. The summed E-state index contributed by atoms with van der Waals surface area (Å²) in [5.74, 6) is -0.802. The van der Waals surface area contributed by atoms with Gasteiger partial charge in [0, 0.05) is 6.54 Å². The van der Waals surface area contributed by atoms with E-state index in [0.717, 1.165) is 6.42 Å². The van der Waals surface area contributed by atoms with Crippen LogP contribution < -0.4 is 10.1 Å². The van der Waals surface area contributed by atoms with Crippen LogP contribution in [0.5, 0.6) is 5.75 Å². The number of carboxylic acids is 1. The summed E-state index contributed by atoms with van der Waals surface area (Å²) in [5.41, 5.74) is 1.36. The van der Waals surface area contributed by atoms with Crippen LogP contribution in [0.3, 0.4) is 0 Å². The SMILES string of the molecule is CCCNC(=O)c1cc(OC)ccc1-n1cnc(C(=O)O)c1C. The third kappa shape index (κ3) is 3.33. The van der Waals surface area contributed by atoms with E-state index >= 15 is 0 Å². The fourth-order valence-corrected chi connectivity index (χ4v) is 2.23. The number of benzene rings is 1. The molecule has 0 radical (unpaired) electrons. The molecule has 0 bridgehead atoms. The van der Waals surface area contributed by atoms with Crippen molar-refractivity contribution in [1.82, 2.24) is 14.9 Å². The molecule has 2 aromatic rings. The smallest absolute Gasteiger partial charge is 0.356 e. The molecule has 0 aliphatic heterocycles. The summed E-state index contributed by atoms with van der Waals surface area (Å²) in [4.78, 5) is 27.5. The molecule has 0 atom stereocenters. The third-order valence-electron chi connectivity index (χ3n) is 3.45. The van der Waals surface area contributed by atoms with Gasteiger partial charge in [-0.25, -0.2) is 9.78 Å². The molecule has 2 N–H and O–H groups in total. The zero-order valence-electron chi connectivity index (χ0n) is 13.3. The van der Waals surface area contributed by atoms with Gasteiger partial charge in [-0.15, -0.1) is 0 Å². The largest absolute Gasteiger partial charge is 0.497 e. The lowest BCUT2D eigenvalue weighted by Crippen LogP contribution is -2.25. The molecule has 0 fully saturated rings. The van der Waals surface area contributed by atoms with Crippen LogP contribution in [-0.4, -0.2) is 40.2 Å².